The van der Waals surface area contributed by atoms with E-state index in [1.54, 1.807) is 39.0 Å². The van der Waals surface area contributed by atoms with Gasteiger partial charge in [-0.1, -0.05) is 39.3 Å². The maximum Gasteiger partial charge on any atom is 0.332 e. The number of hydrogen-bond donors (Lipinski definition) is 4. The second-order valence-corrected chi connectivity index (χ2v) is 10.3. The van der Waals surface area contributed by atoms with E-state index in [4.69, 9.17) is 5.11 Å². The molecule has 214 valence electrons. The summed E-state index contributed by atoms with van der Waals surface area (Å²) in [5, 5.41) is 24.0. The van der Waals surface area contributed by atoms with Gasteiger partial charge in [0.1, 0.15) is 0 Å². The van der Waals surface area contributed by atoms with Crippen molar-refractivity contribution in [3.63, 3.8) is 0 Å². The van der Waals surface area contributed by atoms with Gasteiger partial charge in [0.05, 0.1) is 0 Å². The molecule has 0 saturated carbocycles. The molecule has 0 aliphatic carbocycles. The fourth-order valence-corrected chi connectivity index (χ4v) is 3.84. The van der Waals surface area contributed by atoms with Crippen LogP contribution in [0.15, 0.2) is 42.0 Å². The van der Waals surface area contributed by atoms with Crippen LogP contribution in [0.2, 0.25) is 0 Å². The summed E-state index contributed by atoms with van der Waals surface area (Å²) in [4.78, 5) is 71.6. The van der Waals surface area contributed by atoms with Gasteiger partial charge >= 0.3 is 11.9 Å². The summed E-state index contributed by atoms with van der Waals surface area (Å²) in [5.74, 6) is -3.55. The molecule has 0 unspecified atom stereocenters. The lowest BCUT2D eigenvalue weighted by atomic mass is 9.85. The van der Waals surface area contributed by atoms with Crippen LogP contribution in [0, 0.1) is 5.41 Å². The first-order chi connectivity index (χ1) is 18.8. The lowest BCUT2D eigenvalue weighted by molar-refractivity contribution is -0.137. The Labute approximate surface area is 232 Å². The zero-order valence-electron chi connectivity index (χ0n) is 22.9. The van der Waals surface area contributed by atoms with E-state index in [0.717, 1.165) is 11.0 Å². The summed E-state index contributed by atoms with van der Waals surface area (Å²) in [7, 11) is 0. The van der Waals surface area contributed by atoms with Crippen LogP contribution in [0.25, 0.3) is 12.2 Å². The quantitative estimate of drug-likeness (QED) is 0.155. The summed E-state index contributed by atoms with van der Waals surface area (Å²) in [6.07, 6.45) is 8.21. The first kappa shape index (κ1) is 31.7. The molecule has 11 nitrogen and oxygen atoms in total. The van der Waals surface area contributed by atoms with Crippen LogP contribution in [0.3, 0.4) is 0 Å². The third-order valence-corrected chi connectivity index (χ3v) is 5.97. The minimum Gasteiger partial charge on any atom is -0.478 e. The van der Waals surface area contributed by atoms with E-state index in [-0.39, 0.29) is 42.7 Å². The number of nitrogens with one attached hydrogen (secondary N) is 2. The third kappa shape index (κ3) is 10.3. The fourth-order valence-electron chi connectivity index (χ4n) is 3.84. The van der Waals surface area contributed by atoms with Gasteiger partial charge in [-0.05, 0) is 47.6 Å². The van der Waals surface area contributed by atoms with E-state index in [0.29, 0.717) is 42.6 Å². The van der Waals surface area contributed by atoms with Gasteiger partial charge in [-0.2, -0.15) is 0 Å². The molecule has 4 amide bonds. The molecule has 0 fully saturated rings. The SMILES string of the molecule is CC(C)(C)/C(=C\c1ccc(/C=C/C(=O)O)c(NC(=O)CCNC(=O)CCCCCN2C(=O)C=CC2=O)c1)C(=O)O. The van der Waals surface area contributed by atoms with E-state index in [9.17, 15) is 33.9 Å². The minimum atomic E-state index is -1.17. The maximum atomic E-state index is 12.6. The van der Waals surface area contributed by atoms with Crippen molar-refractivity contribution in [3.05, 3.63) is 53.1 Å². The summed E-state index contributed by atoms with van der Waals surface area (Å²) in [6, 6.07) is 4.77. The predicted octanol–water partition coefficient (Wildman–Crippen LogP) is 3.23. The summed E-state index contributed by atoms with van der Waals surface area (Å²) in [5.41, 5.74) is 0.747. The number of imide groups is 1. The van der Waals surface area contributed by atoms with Gasteiger partial charge in [-0.15, -0.1) is 0 Å². The van der Waals surface area contributed by atoms with Gasteiger partial charge in [0.2, 0.25) is 11.8 Å². The van der Waals surface area contributed by atoms with E-state index in [1.165, 1.54) is 24.3 Å². The highest BCUT2D eigenvalue weighted by molar-refractivity contribution is 6.12. The molecule has 40 heavy (non-hydrogen) atoms. The standard InChI is InChI=1S/C29H35N3O8/c1-29(2,3)21(28(39)40)17-19-8-9-20(10-13-27(37)38)22(18-19)31-24(34)14-15-30-23(33)7-5-4-6-16-32-25(35)11-12-26(32)36/h8-13,17-18H,4-7,14-16H2,1-3H3,(H,30,33)(H,31,34)(H,37,38)(H,39,40)/b13-10+,21-17-. The topological polar surface area (TPSA) is 170 Å². The van der Waals surface area contributed by atoms with Crippen molar-refractivity contribution in [1.82, 2.24) is 10.2 Å². The highest BCUT2D eigenvalue weighted by atomic mass is 16.4. The molecule has 0 atom stereocenters. The average molecular weight is 554 g/mol. The number of carbonyl (C=O) groups excluding carboxylic acids is 4. The van der Waals surface area contributed by atoms with Crippen LogP contribution in [0.1, 0.15) is 64.0 Å². The number of unbranched alkanes of at least 4 members (excludes halogenated alkanes) is 2. The van der Waals surface area contributed by atoms with Crippen LogP contribution in [-0.4, -0.2) is 63.8 Å². The number of rotatable bonds is 14. The molecule has 1 aliphatic heterocycles. The molecule has 0 bridgehead atoms. The van der Waals surface area contributed by atoms with Crippen LogP contribution < -0.4 is 10.6 Å². The van der Waals surface area contributed by atoms with Gasteiger partial charge in [0.15, 0.2) is 0 Å². The number of carboxylic acid groups (broad SMARTS) is 2. The molecule has 1 aliphatic rings. The Morgan fingerprint density at radius 3 is 2.20 bits per heavy atom. The van der Waals surface area contributed by atoms with Gasteiger partial charge in [0, 0.05) is 55.4 Å². The van der Waals surface area contributed by atoms with Crippen molar-refractivity contribution in [3.8, 4) is 0 Å². The van der Waals surface area contributed by atoms with Gasteiger partial charge < -0.3 is 20.8 Å². The van der Waals surface area contributed by atoms with Crippen molar-refractivity contribution >= 4 is 53.4 Å². The predicted molar refractivity (Wildman–Crippen MR) is 149 cm³/mol. The molecule has 0 saturated heterocycles. The average Bonchev–Trinajstić information content (AvgIpc) is 3.17. The van der Waals surface area contributed by atoms with Crippen molar-refractivity contribution < 1.29 is 39.0 Å². The smallest absolute Gasteiger partial charge is 0.332 e. The third-order valence-electron chi connectivity index (χ3n) is 5.97. The Kier molecular flexibility index (Phi) is 11.5. The highest BCUT2D eigenvalue weighted by Gasteiger charge is 2.24. The summed E-state index contributed by atoms with van der Waals surface area (Å²) in [6.45, 7) is 5.70. The summed E-state index contributed by atoms with van der Waals surface area (Å²) < 4.78 is 0. The zero-order chi connectivity index (χ0) is 29.9. The highest BCUT2D eigenvalue weighted by Crippen LogP contribution is 2.29. The Morgan fingerprint density at radius 2 is 1.60 bits per heavy atom. The Bertz CT molecular complexity index is 1240. The number of anilines is 1. The van der Waals surface area contributed by atoms with Crippen molar-refractivity contribution in [1.29, 1.82) is 0 Å². The fraction of sp³-hybridized carbons (Fsp3) is 0.379. The second-order valence-electron chi connectivity index (χ2n) is 10.3. The Balaban J connectivity index is 1.90. The number of nitrogens with zero attached hydrogens (tertiary/aromatic N) is 1. The number of aliphatic carboxylic acids is 2. The van der Waals surface area contributed by atoms with E-state index >= 15 is 0 Å². The molecule has 11 heteroatoms. The molecule has 0 aromatic heterocycles. The van der Waals surface area contributed by atoms with Crippen LogP contribution in [0.5, 0.6) is 0 Å². The molecular weight excluding hydrogens is 518 g/mol. The number of hydrogen-bond acceptors (Lipinski definition) is 6. The number of benzene rings is 1. The Morgan fingerprint density at radius 1 is 0.925 bits per heavy atom. The van der Waals surface area contributed by atoms with Gasteiger partial charge in [-0.3, -0.25) is 24.1 Å². The van der Waals surface area contributed by atoms with Gasteiger partial charge in [-0.25, -0.2) is 9.59 Å². The summed E-state index contributed by atoms with van der Waals surface area (Å²) >= 11 is 0. The number of amides is 4. The monoisotopic (exact) mass is 553 g/mol. The van der Waals surface area contributed by atoms with Gasteiger partial charge in [0.25, 0.3) is 11.8 Å². The molecule has 1 aromatic carbocycles. The number of carbonyl (C=O) groups is 6. The molecular formula is C29H35N3O8. The lowest BCUT2D eigenvalue weighted by Gasteiger charge is -2.19. The first-order valence-corrected chi connectivity index (χ1v) is 12.9. The van der Waals surface area contributed by atoms with Crippen LogP contribution in [0.4, 0.5) is 5.69 Å². The van der Waals surface area contributed by atoms with Crippen molar-refractivity contribution in [2.45, 2.75) is 52.9 Å². The molecule has 0 radical (unpaired) electrons. The van der Waals surface area contributed by atoms with E-state index < -0.39 is 23.3 Å². The zero-order valence-corrected chi connectivity index (χ0v) is 22.9. The molecule has 4 N–H and O–H groups in total. The van der Waals surface area contributed by atoms with Crippen LogP contribution in [-0.2, 0) is 28.8 Å². The van der Waals surface area contributed by atoms with Crippen molar-refractivity contribution in [2.24, 2.45) is 5.41 Å². The second kappa shape index (κ2) is 14.6. The maximum absolute atomic E-state index is 12.6. The normalized spacial score (nSPS) is 13.7. The first-order valence-electron chi connectivity index (χ1n) is 12.9. The van der Waals surface area contributed by atoms with Crippen molar-refractivity contribution in [2.75, 3.05) is 18.4 Å². The molecule has 0 spiro atoms. The van der Waals surface area contributed by atoms with E-state index in [1.807, 2.05) is 0 Å². The molecule has 2 rings (SSSR count). The van der Waals surface area contributed by atoms with Crippen LogP contribution >= 0.6 is 0 Å². The molecule has 1 heterocycles. The number of carboxylic acids is 2. The lowest BCUT2D eigenvalue weighted by Crippen LogP contribution is -2.31. The largest absolute Gasteiger partial charge is 0.478 e. The van der Waals surface area contributed by atoms with E-state index in [2.05, 4.69) is 10.6 Å². The molecule has 1 aromatic rings. The minimum absolute atomic E-state index is 0.0392. The Hall–Kier alpha value is -4.54.